The summed E-state index contributed by atoms with van der Waals surface area (Å²) >= 11 is 0. The molecule has 1 N–H and O–H groups in total. The summed E-state index contributed by atoms with van der Waals surface area (Å²) < 4.78 is 4.87. The molecule has 2 heterocycles. The number of hydrogen-bond acceptors (Lipinski definition) is 4. The molecule has 0 radical (unpaired) electrons. The molecule has 6 nitrogen and oxygen atoms in total. The van der Waals surface area contributed by atoms with Crippen LogP contribution in [0, 0.1) is 12.8 Å². The molecule has 1 aliphatic heterocycles. The summed E-state index contributed by atoms with van der Waals surface area (Å²) in [5.41, 5.74) is 0.304. The minimum Gasteiger partial charge on any atom is -0.361 e. The summed E-state index contributed by atoms with van der Waals surface area (Å²) in [5, 5.41) is 6.61. The van der Waals surface area contributed by atoms with Gasteiger partial charge in [0.1, 0.15) is 5.76 Å². The van der Waals surface area contributed by atoms with Gasteiger partial charge in [-0.1, -0.05) is 12.1 Å². The van der Waals surface area contributed by atoms with E-state index in [1.807, 2.05) is 13.8 Å². The molecule has 0 bridgehead atoms. The third-order valence-corrected chi connectivity index (χ3v) is 3.39. The highest BCUT2D eigenvalue weighted by molar-refractivity contribution is 5.94. The lowest BCUT2D eigenvalue weighted by Gasteiger charge is -2.38. The van der Waals surface area contributed by atoms with E-state index in [0.29, 0.717) is 24.5 Å². The first-order valence-corrected chi connectivity index (χ1v) is 6.54. The van der Waals surface area contributed by atoms with Gasteiger partial charge in [0.25, 0.3) is 5.91 Å². The molecule has 104 valence electrons. The molecule has 6 heteroatoms. The first kappa shape index (κ1) is 13.6. The van der Waals surface area contributed by atoms with Crippen molar-refractivity contribution in [1.29, 1.82) is 0 Å². The van der Waals surface area contributed by atoms with E-state index in [1.54, 1.807) is 17.9 Å². The van der Waals surface area contributed by atoms with Crippen LogP contribution in [0.15, 0.2) is 10.6 Å². The maximum atomic E-state index is 12.0. The summed E-state index contributed by atoms with van der Waals surface area (Å²) in [5.74, 6) is 0.347. The monoisotopic (exact) mass is 265 g/mol. The minimum atomic E-state index is -0.176. The Morgan fingerprint density at radius 1 is 1.58 bits per heavy atom. The van der Waals surface area contributed by atoms with Gasteiger partial charge in [-0.3, -0.25) is 9.59 Å². The van der Waals surface area contributed by atoms with Crippen LogP contribution in [0.5, 0.6) is 0 Å². The zero-order valence-corrected chi connectivity index (χ0v) is 11.5. The molecule has 0 aliphatic carbocycles. The number of aryl methyl sites for hydroxylation is 1. The predicted molar refractivity (Wildman–Crippen MR) is 68.5 cm³/mol. The van der Waals surface area contributed by atoms with Crippen LogP contribution in [0.25, 0.3) is 0 Å². The summed E-state index contributed by atoms with van der Waals surface area (Å²) in [4.78, 5) is 25.4. The van der Waals surface area contributed by atoms with Crippen molar-refractivity contribution in [3.8, 4) is 0 Å². The SMILES string of the molecule is CCC(C)NC(=O)C1CN(C(=O)c2cc(C)on2)C1. The number of likely N-dealkylation sites (tertiary alicyclic amines) is 1. The lowest BCUT2D eigenvalue weighted by Crippen LogP contribution is -2.56. The fourth-order valence-electron chi connectivity index (χ4n) is 1.90. The van der Waals surface area contributed by atoms with E-state index >= 15 is 0 Å². The van der Waals surface area contributed by atoms with Gasteiger partial charge in [0, 0.05) is 25.2 Å². The van der Waals surface area contributed by atoms with Gasteiger partial charge in [0.05, 0.1) is 5.92 Å². The second kappa shape index (κ2) is 5.42. The van der Waals surface area contributed by atoms with Crippen LogP contribution >= 0.6 is 0 Å². The average molecular weight is 265 g/mol. The Balaban J connectivity index is 1.83. The largest absolute Gasteiger partial charge is 0.361 e. The van der Waals surface area contributed by atoms with Crippen molar-refractivity contribution in [3.05, 3.63) is 17.5 Å². The summed E-state index contributed by atoms with van der Waals surface area (Å²) in [6.07, 6.45) is 0.902. The molecular formula is C13H19N3O3. The van der Waals surface area contributed by atoms with Crippen LogP contribution < -0.4 is 5.32 Å². The van der Waals surface area contributed by atoms with E-state index in [-0.39, 0.29) is 23.8 Å². The zero-order valence-electron chi connectivity index (χ0n) is 11.5. The number of nitrogens with zero attached hydrogens (tertiary/aromatic N) is 2. The predicted octanol–water partition coefficient (Wildman–Crippen LogP) is 0.970. The highest BCUT2D eigenvalue weighted by Gasteiger charge is 2.37. The Bertz CT molecular complexity index is 477. The maximum Gasteiger partial charge on any atom is 0.276 e. The molecule has 1 aliphatic rings. The molecule has 19 heavy (non-hydrogen) atoms. The molecule has 0 aromatic carbocycles. The van der Waals surface area contributed by atoms with Crippen molar-refractivity contribution in [1.82, 2.24) is 15.4 Å². The molecule has 1 saturated heterocycles. The Morgan fingerprint density at radius 3 is 2.79 bits per heavy atom. The molecule has 0 saturated carbocycles. The topological polar surface area (TPSA) is 75.4 Å². The molecule has 1 aromatic heterocycles. The first-order chi connectivity index (χ1) is 9.01. The van der Waals surface area contributed by atoms with Crippen LogP contribution in [0.2, 0.25) is 0 Å². The molecule has 1 fully saturated rings. The van der Waals surface area contributed by atoms with E-state index in [9.17, 15) is 9.59 Å². The van der Waals surface area contributed by atoms with Crippen molar-refractivity contribution in [2.24, 2.45) is 5.92 Å². The average Bonchev–Trinajstić information content (AvgIpc) is 2.73. The normalized spacial score (nSPS) is 16.9. The number of hydrogen-bond donors (Lipinski definition) is 1. The van der Waals surface area contributed by atoms with E-state index in [2.05, 4.69) is 10.5 Å². The van der Waals surface area contributed by atoms with E-state index in [1.165, 1.54) is 0 Å². The van der Waals surface area contributed by atoms with E-state index in [4.69, 9.17) is 4.52 Å². The van der Waals surface area contributed by atoms with E-state index < -0.39 is 0 Å². The number of aromatic nitrogens is 1. The fraction of sp³-hybridized carbons (Fsp3) is 0.615. The lowest BCUT2D eigenvalue weighted by atomic mass is 9.98. The van der Waals surface area contributed by atoms with Gasteiger partial charge in [0.2, 0.25) is 5.91 Å². The summed E-state index contributed by atoms with van der Waals surface area (Å²) in [7, 11) is 0. The maximum absolute atomic E-state index is 12.0. The van der Waals surface area contributed by atoms with E-state index in [0.717, 1.165) is 6.42 Å². The smallest absolute Gasteiger partial charge is 0.276 e. The molecule has 2 amide bonds. The highest BCUT2D eigenvalue weighted by Crippen LogP contribution is 2.19. The Labute approximate surface area is 112 Å². The zero-order chi connectivity index (χ0) is 14.0. The second-order valence-electron chi connectivity index (χ2n) is 5.05. The van der Waals surface area contributed by atoms with Crippen molar-refractivity contribution in [3.63, 3.8) is 0 Å². The number of nitrogens with one attached hydrogen (secondary N) is 1. The third-order valence-electron chi connectivity index (χ3n) is 3.39. The van der Waals surface area contributed by atoms with Crippen LogP contribution in [-0.2, 0) is 4.79 Å². The Hall–Kier alpha value is -1.85. The molecule has 1 atom stereocenters. The second-order valence-corrected chi connectivity index (χ2v) is 5.05. The molecule has 0 spiro atoms. The van der Waals surface area contributed by atoms with Gasteiger partial charge in [-0.05, 0) is 20.3 Å². The number of amides is 2. The van der Waals surface area contributed by atoms with Crippen LogP contribution in [0.3, 0.4) is 0 Å². The van der Waals surface area contributed by atoms with Gasteiger partial charge in [-0.25, -0.2) is 0 Å². The Morgan fingerprint density at radius 2 is 2.26 bits per heavy atom. The third kappa shape index (κ3) is 2.94. The van der Waals surface area contributed by atoms with Gasteiger partial charge >= 0.3 is 0 Å². The number of rotatable bonds is 4. The lowest BCUT2D eigenvalue weighted by molar-refractivity contribution is -0.129. The van der Waals surface area contributed by atoms with Gasteiger partial charge in [-0.15, -0.1) is 0 Å². The van der Waals surface area contributed by atoms with Crippen molar-refractivity contribution in [2.75, 3.05) is 13.1 Å². The minimum absolute atomic E-state index is 0.0229. The van der Waals surface area contributed by atoms with Crippen LogP contribution in [0.1, 0.15) is 36.5 Å². The van der Waals surface area contributed by atoms with Crippen molar-refractivity contribution >= 4 is 11.8 Å². The van der Waals surface area contributed by atoms with Gasteiger partial charge in [-0.2, -0.15) is 0 Å². The molecule has 1 unspecified atom stereocenters. The Kier molecular flexibility index (Phi) is 3.87. The standard InChI is InChI=1S/C13H19N3O3/c1-4-8(2)14-12(17)10-6-16(7-10)13(18)11-5-9(3)19-15-11/h5,8,10H,4,6-7H2,1-3H3,(H,14,17). The number of carbonyl (C=O) groups is 2. The van der Waals surface area contributed by atoms with Crippen molar-refractivity contribution < 1.29 is 14.1 Å². The quantitative estimate of drug-likeness (QED) is 0.880. The fourth-order valence-corrected chi connectivity index (χ4v) is 1.90. The molecular weight excluding hydrogens is 246 g/mol. The van der Waals surface area contributed by atoms with Gasteiger partial charge < -0.3 is 14.7 Å². The molecule has 1 aromatic rings. The summed E-state index contributed by atoms with van der Waals surface area (Å²) in [6.45, 7) is 6.63. The number of carbonyl (C=O) groups excluding carboxylic acids is 2. The van der Waals surface area contributed by atoms with Crippen LogP contribution in [0.4, 0.5) is 0 Å². The first-order valence-electron chi connectivity index (χ1n) is 6.54. The summed E-state index contributed by atoms with van der Waals surface area (Å²) in [6, 6.07) is 1.78. The van der Waals surface area contributed by atoms with Crippen molar-refractivity contribution in [2.45, 2.75) is 33.2 Å². The highest BCUT2D eigenvalue weighted by atomic mass is 16.5. The van der Waals surface area contributed by atoms with Crippen LogP contribution in [-0.4, -0.2) is 41.0 Å². The molecule has 2 rings (SSSR count). The van der Waals surface area contributed by atoms with Gasteiger partial charge in [0.15, 0.2) is 5.69 Å².